The van der Waals surface area contributed by atoms with E-state index in [1.54, 1.807) is 0 Å². The molecule has 0 aliphatic heterocycles. The van der Waals surface area contributed by atoms with Gasteiger partial charge in [0.15, 0.2) is 0 Å². The SMILES string of the molecule is CC1=CC(c2nc(COC3CCCC(OCCCN)C3)c(C)o2)=CCC1. The Morgan fingerprint density at radius 1 is 1.23 bits per heavy atom. The summed E-state index contributed by atoms with van der Waals surface area (Å²) in [5.74, 6) is 1.57. The molecule has 2 N–H and O–H groups in total. The molecule has 0 amide bonds. The monoisotopic (exact) mass is 360 g/mol. The van der Waals surface area contributed by atoms with E-state index in [1.807, 2.05) is 6.92 Å². The van der Waals surface area contributed by atoms with Gasteiger partial charge in [-0.1, -0.05) is 17.7 Å². The number of nitrogens with two attached hydrogens (primary N) is 1. The number of oxazole rings is 1. The fourth-order valence-electron chi connectivity index (χ4n) is 3.62. The molecule has 1 heterocycles. The van der Waals surface area contributed by atoms with Crippen molar-refractivity contribution in [2.75, 3.05) is 13.2 Å². The lowest BCUT2D eigenvalue weighted by Gasteiger charge is -2.29. The summed E-state index contributed by atoms with van der Waals surface area (Å²) < 4.78 is 17.9. The Balaban J connectivity index is 1.52. The van der Waals surface area contributed by atoms with Crippen LogP contribution in [0.15, 0.2) is 22.1 Å². The van der Waals surface area contributed by atoms with Crippen molar-refractivity contribution in [1.82, 2.24) is 4.98 Å². The summed E-state index contributed by atoms with van der Waals surface area (Å²) in [5, 5.41) is 0. The lowest BCUT2D eigenvalue weighted by molar-refractivity contribution is -0.0511. The number of aromatic nitrogens is 1. The van der Waals surface area contributed by atoms with E-state index in [0.717, 1.165) is 68.6 Å². The molecule has 26 heavy (non-hydrogen) atoms. The van der Waals surface area contributed by atoms with Crippen molar-refractivity contribution < 1.29 is 13.9 Å². The quantitative estimate of drug-likeness (QED) is 0.700. The van der Waals surface area contributed by atoms with Gasteiger partial charge in [-0.05, 0) is 65.3 Å². The van der Waals surface area contributed by atoms with Gasteiger partial charge in [-0.25, -0.2) is 4.98 Å². The second kappa shape index (κ2) is 9.49. The van der Waals surface area contributed by atoms with Crippen LogP contribution in [0.25, 0.3) is 5.57 Å². The third-order valence-corrected chi connectivity index (χ3v) is 5.18. The number of ether oxygens (including phenoxy) is 2. The van der Waals surface area contributed by atoms with Crippen LogP contribution in [0, 0.1) is 6.92 Å². The molecule has 0 spiro atoms. The molecule has 1 aromatic rings. The van der Waals surface area contributed by atoms with E-state index < -0.39 is 0 Å². The first kappa shape index (κ1) is 19.3. The summed E-state index contributed by atoms with van der Waals surface area (Å²) in [6, 6.07) is 0. The smallest absolute Gasteiger partial charge is 0.226 e. The molecule has 1 aromatic heterocycles. The van der Waals surface area contributed by atoms with Crippen molar-refractivity contribution in [2.45, 2.75) is 77.6 Å². The van der Waals surface area contributed by atoms with Gasteiger partial charge in [0.2, 0.25) is 5.89 Å². The van der Waals surface area contributed by atoms with Crippen molar-refractivity contribution in [2.24, 2.45) is 5.73 Å². The zero-order valence-electron chi connectivity index (χ0n) is 16.1. The van der Waals surface area contributed by atoms with Crippen LogP contribution in [0.1, 0.15) is 69.2 Å². The molecule has 0 bridgehead atoms. The number of rotatable bonds is 8. The van der Waals surface area contributed by atoms with Crippen LogP contribution in [0.3, 0.4) is 0 Å². The second-order valence-electron chi connectivity index (χ2n) is 7.45. The Morgan fingerprint density at radius 3 is 2.81 bits per heavy atom. The summed E-state index contributed by atoms with van der Waals surface area (Å²) in [6.07, 6.45) is 12.3. The molecule has 5 nitrogen and oxygen atoms in total. The molecular weight excluding hydrogens is 328 g/mol. The van der Waals surface area contributed by atoms with Crippen molar-refractivity contribution in [3.63, 3.8) is 0 Å². The maximum absolute atomic E-state index is 6.15. The van der Waals surface area contributed by atoms with Crippen molar-refractivity contribution >= 4 is 5.57 Å². The highest BCUT2D eigenvalue weighted by molar-refractivity contribution is 5.70. The molecule has 5 heteroatoms. The van der Waals surface area contributed by atoms with Crippen LogP contribution in [0.4, 0.5) is 0 Å². The standard InChI is InChI=1S/C21H32N2O3/c1-15-6-3-7-17(12-15)21-23-20(16(2)26-21)14-25-19-9-4-8-18(13-19)24-11-5-10-22/h7,12,18-19H,3-6,8-11,13-14,22H2,1-2H3. The second-order valence-corrected chi connectivity index (χ2v) is 7.45. The Labute approximate surface area is 156 Å². The first-order chi connectivity index (χ1) is 12.7. The number of nitrogens with zero attached hydrogens (tertiary/aromatic N) is 1. The fraction of sp³-hybridized carbons (Fsp3) is 0.667. The zero-order chi connectivity index (χ0) is 18.4. The highest BCUT2D eigenvalue weighted by atomic mass is 16.5. The zero-order valence-corrected chi connectivity index (χ0v) is 16.1. The van der Waals surface area contributed by atoms with Gasteiger partial charge >= 0.3 is 0 Å². The van der Waals surface area contributed by atoms with Gasteiger partial charge in [0.25, 0.3) is 0 Å². The van der Waals surface area contributed by atoms with E-state index in [4.69, 9.17) is 19.6 Å². The molecule has 1 saturated carbocycles. The van der Waals surface area contributed by atoms with Crippen molar-refractivity contribution in [1.29, 1.82) is 0 Å². The predicted octanol–water partition coefficient (Wildman–Crippen LogP) is 4.30. The summed E-state index contributed by atoms with van der Waals surface area (Å²) in [6.45, 7) is 6.06. The normalized spacial score (nSPS) is 23.7. The third-order valence-electron chi connectivity index (χ3n) is 5.18. The minimum absolute atomic E-state index is 0.238. The lowest BCUT2D eigenvalue weighted by atomic mass is 9.95. The molecule has 3 rings (SSSR count). The Kier molecular flexibility index (Phi) is 7.06. The van der Waals surface area contributed by atoms with Crippen LogP contribution >= 0.6 is 0 Å². The minimum Gasteiger partial charge on any atom is -0.441 e. The number of hydrogen-bond donors (Lipinski definition) is 1. The highest BCUT2D eigenvalue weighted by Gasteiger charge is 2.24. The minimum atomic E-state index is 0.238. The maximum Gasteiger partial charge on any atom is 0.226 e. The van der Waals surface area contributed by atoms with Gasteiger partial charge in [-0.15, -0.1) is 0 Å². The number of hydrogen-bond acceptors (Lipinski definition) is 5. The summed E-state index contributed by atoms with van der Waals surface area (Å²) in [7, 11) is 0. The topological polar surface area (TPSA) is 70.5 Å². The number of aryl methyl sites for hydroxylation is 1. The fourth-order valence-corrected chi connectivity index (χ4v) is 3.62. The van der Waals surface area contributed by atoms with E-state index in [0.29, 0.717) is 25.1 Å². The van der Waals surface area contributed by atoms with Crippen LogP contribution < -0.4 is 5.73 Å². The first-order valence-electron chi connectivity index (χ1n) is 9.93. The molecule has 2 aliphatic rings. The molecule has 2 unspecified atom stereocenters. The van der Waals surface area contributed by atoms with Crippen LogP contribution in [-0.4, -0.2) is 30.3 Å². The Morgan fingerprint density at radius 2 is 2.04 bits per heavy atom. The molecule has 0 radical (unpaired) electrons. The largest absolute Gasteiger partial charge is 0.441 e. The Hall–Kier alpha value is -1.43. The van der Waals surface area contributed by atoms with Gasteiger partial charge in [0.05, 0.1) is 18.8 Å². The van der Waals surface area contributed by atoms with Gasteiger partial charge in [-0.2, -0.15) is 0 Å². The van der Waals surface area contributed by atoms with Gasteiger partial charge < -0.3 is 19.6 Å². The molecule has 0 aromatic carbocycles. The average molecular weight is 360 g/mol. The maximum atomic E-state index is 6.15. The van der Waals surface area contributed by atoms with Gasteiger partial charge in [-0.3, -0.25) is 0 Å². The van der Waals surface area contributed by atoms with Crippen molar-refractivity contribution in [3.8, 4) is 0 Å². The Bertz CT molecular complexity index is 648. The van der Waals surface area contributed by atoms with E-state index >= 15 is 0 Å². The van der Waals surface area contributed by atoms with E-state index in [-0.39, 0.29) is 6.10 Å². The molecular formula is C21H32N2O3. The summed E-state index contributed by atoms with van der Waals surface area (Å²) in [4.78, 5) is 4.68. The van der Waals surface area contributed by atoms with E-state index in [2.05, 4.69) is 24.1 Å². The van der Waals surface area contributed by atoms with Crippen LogP contribution in [0.5, 0.6) is 0 Å². The van der Waals surface area contributed by atoms with E-state index in [9.17, 15) is 0 Å². The molecule has 0 saturated heterocycles. The van der Waals surface area contributed by atoms with Crippen LogP contribution in [-0.2, 0) is 16.1 Å². The summed E-state index contributed by atoms with van der Waals surface area (Å²) in [5.41, 5.74) is 8.91. The first-order valence-corrected chi connectivity index (χ1v) is 9.93. The predicted molar refractivity (Wildman–Crippen MR) is 103 cm³/mol. The van der Waals surface area contributed by atoms with Gasteiger partial charge in [0.1, 0.15) is 11.5 Å². The highest BCUT2D eigenvalue weighted by Crippen LogP contribution is 2.28. The van der Waals surface area contributed by atoms with E-state index in [1.165, 1.54) is 5.57 Å². The molecule has 1 fully saturated rings. The van der Waals surface area contributed by atoms with Crippen molar-refractivity contribution in [3.05, 3.63) is 35.1 Å². The van der Waals surface area contributed by atoms with Crippen LogP contribution in [0.2, 0.25) is 0 Å². The third kappa shape index (κ3) is 5.29. The van der Waals surface area contributed by atoms with Gasteiger partial charge in [0, 0.05) is 12.2 Å². The number of allylic oxidation sites excluding steroid dienone is 4. The summed E-state index contributed by atoms with van der Waals surface area (Å²) >= 11 is 0. The average Bonchev–Trinajstić information content (AvgIpc) is 3.01. The molecule has 2 aliphatic carbocycles. The lowest BCUT2D eigenvalue weighted by Crippen LogP contribution is -2.28. The molecule has 2 atom stereocenters. The molecule has 144 valence electrons.